The number of likely N-dealkylation sites (N-methyl/N-ethyl adjacent to an activating group) is 1. The molecule has 0 saturated heterocycles. The summed E-state index contributed by atoms with van der Waals surface area (Å²) < 4.78 is 0. The summed E-state index contributed by atoms with van der Waals surface area (Å²) in [4.78, 5) is 24.3. The van der Waals surface area contributed by atoms with Gasteiger partial charge in [0, 0.05) is 20.5 Å². The maximum Gasteiger partial charge on any atom is 0.303 e. The van der Waals surface area contributed by atoms with Crippen LogP contribution in [-0.4, -0.2) is 49.1 Å². The molecule has 0 unspecified atom stereocenters. The Morgan fingerprint density at radius 1 is 0.652 bits per heavy atom. The number of unbranched alkanes of at least 4 members (excludes halogenated alkanes) is 11. The average molecular weight is 636 g/mol. The molecular weight excluding hydrogens is 570 g/mol. The lowest BCUT2D eigenvalue weighted by molar-refractivity contribution is -0.137. The van der Waals surface area contributed by atoms with Crippen LogP contribution in [0.5, 0.6) is 0 Å². The highest BCUT2D eigenvalue weighted by molar-refractivity contribution is 5.86. The van der Waals surface area contributed by atoms with E-state index in [1.54, 1.807) is 19.0 Å². The van der Waals surface area contributed by atoms with Crippen molar-refractivity contribution in [3.63, 3.8) is 0 Å². The highest BCUT2D eigenvalue weighted by atomic mass is 16.4. The minimum atomic E-state index is -0.671. The molecule has 0 radical (unpaired) electrons. The highest BCUT2D eigenvalue weighted by Gasteiger charge is 2.23. The van der Waals surface area contributed by atoms with Crippen molar-refractivity contribution in [3.8, 4) is 0 Å². The summed E-state index contributed by atoms with van der Waals surface area (Å²) >= 11 is 0. The van der Waals surface area contributed by atoms with Gasteiger partial charge < -0.3 is 21.5 Å². The smallest absolute Gasteiger partial charge is 0.303 e. The molecular formula is C40H65N3O3. The number of nitrogens with two attached hydrogens (primary N) is 2. The van der Waals surface area contributed by atoms with E-state index in [2.05, 4.69) is 31.2 Å². The number of rotatable bonds is 22. The number of aliphatic carboxylic acids is 1. The molecule has 0 saturated carbocycles. The van der Waals surface area contributed by atoms with Gasteiger partial charge in [-0.15, -0.1) is 0 Å². The molecule has 2 aromatic carbocycles. The summed E-state index contributed by atoms with van der Waals surface area (Å²) in [5.74, 6) is -0.787. The molecule has 6 heteroatoms. The Labute approximate surface area is 281 Å². The molecule has 46 heavy (non-hydrogen) atoms. The topological polar surface area (TPSA) is 110 Å². The van der Waals surface area contributed by atoms with Crippen molar-refractivity contribution < 1.29 is 14.7 Å². The molecule has 0 aliphatic heterocycles. The molecule has 2 rings (SSSR count). The lowest BCUT2D eigenvalue weighted by atomic mass is 9.90. The molecule has 2 aromatic rings. The molecule has 0 atom stereocenters. The molecule has 5 N–H and O–H groups in total. The first-order valence-electron chi connectivity index (χ1n) is 17.6. The number of hydrogen-bond donors (Lipinski definition) is 3. The number of carbonyl (C=O) groups is 2. The Hall–Kier alpha value is -3.22. The minimum Gasteiger partial charge on any atom is -0.481 e. The van der Waals surface area contributed by atoms with Gasteiger partial charge in [0.15, 0.2) is 0 Å². The number of amides is 1. The van der Waals surface area contributed by atoms with Gasteiger partial charge in [-0.2, -0.15) is 0 Å². The third-order valence-corrected chi connectivity index (χ3v) is 7.45. The summed E-state index contributed by atoms with van der Waals surface area (Å²) in [6.07, 6.45) is 27.1. The van der Waals surface area contributed by atoms with Crippen LogP contribution in [0.4, 0.5) is 0 Å². The summed E-state index contributed by atoms with van der Waals surface area (Å²) in [6, 6.07) is 19.8. The number of benzene rings is 2. The van der Waals surface area contributed by atoms with Crippen LogP contribution >= 0.6 is 0 Å². The van der Waals surface area contributed by atoms with Gasteiger partial charge >= 0.3 is 5.97 Å². The third-order valence-electron chi connectivity index (χ3n) is 7.45. The fourth-order valence-corrected chi connectivity index (χ4v) is 4.76. The predicted molar refractivity (Wildman–Crippen MR) is 197 cm³/mol. The lowest BCUT2D eigenvalue weighted by Gasteiger charge is -2.21. The first kappa shape index (κ1) is 42.8. The van der Waals surface area contributed by atoms with Crippen LogP contribution in [0.2, 0.25) is 0 Å². The molecule has 0 spiro atoms. The fraction of sp³-hybridized carbons (Fsp3) is 0.550. The zero-order valence-electron chi connectivity index (χ0n) is 29.3. The summed E-state index contributed by atoms with van der Waals surface area (Å²) in [5.41, 5.74) is 12.6. The molecule has 6 nitrogen and oxygen atoms in total. The predicted octanol–water partition coefficient (Wildman–Crippen LogP) is 9.26. The van der Waals surface area contributed by atoms with Crippen LogP contribution in [0.1, 0.15) is 127 Å². The van der Waals surface area contributed by atoms with E-state index in [-0.39, 0.29) is 11.8 Å². The standard InChI is InChI=1S/C18H32O2.C16H17NO.C6H16N2/c1-2-3-4-5-6-7-8-9-10-11-12-13-14-15-16-17-18(19)20;1-17(2)16(18)15(13-9-5-3-6-10-13)14-11-7-4-8-12-14;7-5-3-1-2-4-6-8/h6-7,9-10H,2-5,8,11-17H2,1H3,(H,19,20);3-12,15H,1-2H3;1-8H2/b7-6-,10-9-;;. The van der Waals surface area contributed by atoms with E-state index in [1.165, 1.54) is 57.8 Å². The number of nitrogens with zero attached hydrogens (tertiary/aromatic N) is 1. The van der Waals surface area contributed by atoms with Gasteiger partial charge in [-0.25, -0.2) is 0 Å². The second-order valence-electron chi connectivity index (χ2n) is 11.9. The van der Waals surface area contributed by atoms with Crippen molar-refractivity contribution in [3.05, 3.63) is 96.1 Å². The number of hydrogen-bond acceptors (Lipinski definition) is 4. The minimum absolute atomic E-state index is 0.104. The molecule has 258 valence electrons. The van der Waals surface area contributed by atoms with E-state index in [1.807, 2.05) is 60.7 Å². The Bertz CT molecular complexity index is 977. The molecule has 1 amide bonds. The second kappa shape index (κ2) is 31.7. The molecule has 0 fully saturated rings. The van der Waals surface area contributed by atoms with Crippen molar-refractivity contribution in [1.29, 1.82) is 0 Å². The van der Waals surface area contributed by atoms with Crippen LogP contribution in [-0.2, 0) is 9.59 Å². The summed E-state index contributed by atoms with van der Waals surface area (Å²) in [6.45, 7) is 3.88. The molecule has 0 aromatic heterocycles. The van der Waals surface area contributed by atoms with Crippen molar-refractivity contribution >= 4 is 11.9 Å². The Morgan fingerprint density at radius 3 is 1.52 bits per heavy atom. The number of carboxylic acids is 1. The molecule has 0 bridgehead atoms. The Balaban J connectivity index is 0.000000717. The van der Waals surface area contributed by atoms with Gasteiger partial charge in [-0.3, -0.25) is 9.59 Å². The average Bonchev–Trinajstić information content (AvgIpc) is 3.06. The van der Waals surface area contributed by atoms with E-state index in [4.69, 9.17) is 16.6 Å². The first-order valence-corrected chi connectivity index (χ1v) is 17.6. The summed E-state index contributed by atoms with van der Waals surface area (Å²) in [7, 11) is 3.59. The molecule has 0 aliphatic carbocycles. The normalized spacial score (nSPS) is 10.8. The Kier molecular flexibility index (Phi) is 29.5. The monoisotopic (exact) mass is 636 g/mol. The first-order chi connectivity index (χ1) is 22.4. The van der Waals surface area contributed by atoms with E-state index >= 15 is 0 Å². The van der Waals surface area contributed by atoms with Crippen LogP contribution in [0.3, 0.4) is 0 Å². The summed E-state index contributed by atoms with van der Waals surface area (Å²) in [5, 5.41) is 8.50. The van der Waals surface area contributed by atoms with Crippen LogP contribution < -0.4 is 11.5 Å². The van der Waals surface area contributed by atoms with Gasteiger partial charge in [-0.05, 0) is 75.6 Å². The van der Waals surface area contributed by atoms with E-state index in [0.717, 1.165) is 62.7 Å². The van der Waals surface area contributed by atoms with Gasteiger partial charge in [-0.1, -0.05) is 137 Å². The quantitative estimate of drug-likeness (QED) is 0.0882. The van der Waals surface area contributed by atoms with Crippen LogP contribution in [0.15, 0.2) is 85.0 Å². The fourth-order valence-electron chi connectivity index (χ4n) is 4.76. The van der Waals surface area contributed by atoms with Crippen molar-refractivity contribution in [2.45, 2.75) is 116 Å². The van der Waals surface area contributed by atoms with Crippen LogP contribution in [0.25, 0.3) is 0 Å². The van der Waals surface area contributed by atoms with Gasteiger partial charge in [0.1, 0.15) is 0 Å². The zero-order valence-corrected chi connectivity index (χ0v) is 29.3. The zero-order chi connectivity index (χ0) is 34.1. The van der Waals surface area contributed by atoms with Gasteiger partial charge in [0.05, 0.1) is 5.92 Å². The van der Waals surface area contributed by atoms with E-state index < -0.39 is 5.97 Å². The number of allylic oxidation sites excluding steroid dienone is 4. The molecule has 0 heterocycles. The third kappa shape index (κ3) is 25.0. The lowest BCUT2D eigenvalue weighted by Crippen LogP contribution is -2.28. The maximum absolute atomic E-state index is 12.4. The molecule has 0 aliphatic rings. The van der Waals surface area contributed by atoms with Crippen molar-refractivity contribution in [2.75, 3.05) is 27.2 Å². The number of carbonyl (C=O) groups excluding carboxylic acids is 1. The van der Waals surface area contributed by atoms with Gasteiger partial charge in [0.25, 0.3) is 0 Å². The van der Waals surface area contributed by atoms with Crippen molar-refractivity contribution in [2.24, 2.45) is 11.5 Å². The Morgan fingerprint density at radius 2 is 1.09 bits per heavy atom. The second-order valence-corrected chi connectivity index (χ2v) is 11.9. The highest BCUT2D eigenvalue weighted by Crippen LogP contribution is 2.26. The SMILES string of the molecule is CCCCC/C=C\C/C=C\CCCCCCCC(=O)O.CN(C)C(=O)C(c1ccccc1)c1ccccc1.NCCCCCCN. The maximum atomic E-state index is 12.4. The largest absolute Gasteiger partial charge is 0.481 e. The number of carboxylic acid groups (broad SMARTS) is 1. The van der Waals surface area contributed by atoms with E-state index in [9.17, 15) is 9.59 Å². The van der Waals surface area contributed by atoms with Crippen LogP contribution in [0, 0.1) is 0 Å². The van der Waals surface area contributed by atoms with Gasteiger partial charge in [0.2, 0.25) is 5.91 Å². The van der Waals surface area contributed by atoms with E-state index in [0.29, 0.717) is 6.42 Å². The van der Waals surface area contributed by atoms with Crippen molar-refractivity contribution in [1.82, 2.24) is 4.90 Å².